The number of hydrogen-bond acceptors (Lipinski definition) is 3. The fourth-order valence-electron chi connectivity index (χ4n) is 4.11. The molecule has 0 aliphatic carbocycles. The summed E-state index contributed by atoms with van der Waals surface area (Å²) < 4.78 is 0. The first-order valence-electron chi connectivity index (χ1n) is 10.6. The molecule has 1 fully saturated rings. The molecule has 0 saturated carbocycles. The van der Waals surface area contributed by atoms with Gasteiger partial charge in [0.1, 0.15) is 5.54 Å². The van der Waals surface area contributed by atoms with E-state index in [1.807, 2.05) is 54.6 Å². The minimum Gasteiger partial charge on any atom is -0.354 e. The van der Waals surface area contributed by atoms with Crippen LogP contribution in [0.3, 0.4) is 0 Å². The van der Waals surface area contributed by atoms with Crippen LogP contribution in [0.5, 0.6) is 0 Å². The Morgan fingerprint density at radius 2 is 1.71 bits per heavy atom. The van der Waals surface area contributed by atoms with E-state index in [0.29, 0.717) is 23.6 Å². The number of nitrogens with one attached hydrogen (secondary N) is 2. The number of nitrogens with zero attached hydrogens (tertiary/aromatic N) is 1. The summed E-state index contributed by atoms with van der Waals surface area (Å²) in [6, 6.07) is 16.7. The molecule has 31 heavy (non-hydrogen) atoms. The van der Waals surface area contributed by atoms with Crippen molar-refractivity contribution < 1.29 is 14.4 Å². The molecule has 6 nitrogen and oxygen atoms in total. The highest BCUT2D eigenvalue weighted by atomic mass is 16.2. The lowest BCUT2D eigenvalue weighted by molar-refractivity contribution is -0.130. The highest BCUT2D eigenvalue weighted by molar-refractivity contribution is 6.17. The normalized spacial score (nSPS) is 18.8. The van der Waals surface area contributed by atoms with E-state index < -0.39 is 11.6 Å². The van der Waals surface area contributed by atoms with Crippen molar-refractivity contribution in [1.82, 2.24) is 15.2 Å². The molecule has 160 valence electrons. The molecule has 0 radical (unpaired) electrons. The van der Waals surface area contributed by atoms with Gasteiger partial charge in [0, 0.05) is 10.9 Å². The Labute approximate surface area is 181 Å². The quantitative estimate of drug-likeness (QED) is 0.429. The molecule has 2 heterocycles. The summed E-state index contributed by atoms with van der Waals surface area (Å²) in [7, 11) is 0. The van der Waals surface area contributed by atoms with E-state index in [2.05, 4.69) is 24.1 Å². The number of aromatic nitrogens is 1. The number of fused-ring (bicyclic) bond motifs is 1. The van der Waals surface area contributed by atoms with E-state index in [4.69, 9.17) is 0 Å². The van der Waals surface area contributed by atoms with Crippen molar-refractivity contribution >= 4 is 28.6 Å². The molecule has 4 rings (SSSR count). The number of urea groups is 1. The van der Waals surface area contributed by atoms with Crippen LogP contribution in [0, 0.1) is 5.92 Å². The molecule has 2 N–H and O–H groups in total. The number of ketones is 1. The van der Waals surface area contributed by atoms with Gasteiger partial charge in [-0.3, -0.25) is 14.5 Å². The molecule has 2 aromatic carbocycles. The first-order chi connectivity index (χ1) is 14.8. The van der Waals surface area contributed by atoms with Gasteiger partial charge < -0.3 is 10.3 Å². The summed E-state index contributed by atoms with van der Waals surface area (Å²) in [4.78, 5) is 43.5. The van der Waals surface area contributed by atoms with Crippen LogP contribution in [0.15, 0.2) is 54.6 Å². The molecule has 1 saturated heterocycles. The van der Waals surface area contributed by atoms with Crippen molar-refractivity contribution in [2.75, 3.05) is 6.54 Å². The van der Waals surface area contributed by atoms with Crippen LogP contribution in [-0.2, 0) is 4.79 Å². The van der Waals surface area contributed by atoms with Crippen LogP contribution in [-0.4, -0.2) is 39.7 Å². The summed E-state index contributed by atoms with van der Waals surface area (Å²) in [5.41, 5.74) is 1.94. The van der Waals surface area contributed by atoms with Gasteiger partial charge in [0.15, 0.2) is 5.78 Å². The molecule has 3 aromatic rings. The lowest BCUT2D eigenvalue weighted by Crippen LogP contribution is -2.44. The number of amides is 3. The van der Waals surface area contributed by atoms with E-state index in [9.17, 15) is 14.4 Å². The summed E-state index contributed by atoms with van der Waals surface area (Å²) >= 11 is 0. The Kier molecular flexibility index (Phi) is 5.39. The number of benzene rings is 2. The largest absolute Gasteiger partial charge is 0.354 e. The number of Topliss-reactive ketones (excluding diaryl/α,β-unsaturated/α-hetero) is 1. The fourth-order valence-corrected chi connectivity index (χ4v) is 4.11. The van der Waals surface area contributed by atoms with Gasteiger partial charge in [-0.25, -0.2) is 4.79 Å². The minimum atomic E-state index is -0.968. The molecule has 1 aliphatic heterocycles. The maximum Gasteiger partial charge on any atom is 0.325 e. The summed E-state index contributed by atoms with van der Waals surface area (Å²) in [5, 5.41) is 3.58. The van der Waals surface area contributed by atoms with Crippen molar-refractivity contribution in [3.8, 4) is 11.3 Å². The second kappa shape index (κ2) is 8.02. The first kappa shape index (κ1) is 20.8. The van der Waals surface area contributed by atoms with Crippen LogP contribution in [0.25, 0.3) is 22.2 Å². The Hall–Kier alpha value is -3.41. The van der Waals surface area contributed by atoms with Crippen LogP contribution in [0.2, 0.25) is 0 Å². The SMILES string of the molecule is CC(C)CC[C@@]1(C)NC(=O)N(CC(=O)c2c(-c3ccccc3)[nH]c3ccccc23)C1=O. The average molecular weight is 418 g/mol. The third-order valence-electron chi connectivity index (χ3n) is 5.92. The Balaban J connectivity index is 1.66. The predicted octanol–water partition coefficient (Wildman–Crippen LogP) is 4.76. The van der Waals surface area contributed by atoms with Crippen LogP contribution in [0.1, 0.15) is 44.0 Å². The Morgan fingerprint density at radius 3 is 2.42 bits per heavy atom. The molecule has 3 amide bonds. The average Bonchev–Trinajstić information content (AvgIpc) is 3.24. The van der Waals surface area contributed by atoms with E-state index >= 15 is 0 Å². The summed E-state index contributed by atoms with van der Waals surface area (Å²) in [6.07, 6.45) is 1.35. The number of H-pyrrole nitrogens is 1. The highest BCUT2D eigenvalue weighted by Gasteiger charge is 2.48. The smallest absolute Gasteiger partial charge is 0.325 e. The number of carbonyl (C=O) groups is 3. The van der Waals surface area contributed by atoms with Crippen molar-refractivity contribution in [2.24, 2.45) is 5.92 Å². The third-order valence-corrected chi connectivity index (χ3v) is 5.92. The molecular formula is C25H27N3O3. The second-order valence-electron chi connectivity index (χ2n) is 8.80. The maximum atomic E-state index is 13.4. The van der Waals surface area contributed by atoms with Gasteiger partial charge in [-0.15, -0.1) is 0 Å². The number of hydrogen-bond donors (Lipinski definition) is 2. The van der Waals surface area contributed by atoms with Crippen molar-refractivity contribution in [3.63, 3.8) is 0 Å². The fraction of sp³-hybridized carbons (Fsp3) is 0.320. The molecular weight excluding hydrogens is 390 g/mol. The second-order valence-corrected chi connectivity index (χ2v) is 8.80. The van der Waals surface area contributed by atoms with Gasteiger partial charge in [-0.1, -0.05) is 62.4 Å². The number of aromatic amines is 1. The zero-order chi connectivity index (χ0) is 22.2. The zero-order valence-electron chi connectivity index (χ0n) is 18.1. The standard InChI is InChI=1S/C25H27N3O3/c1-16(2)13-14-25(3)23(30)28(24(31)27-25)15-20(29)21-18-11-7-8-12-19(18)26-22(21)17-9-5-4-6-10-17/h4-12,16,26H,13-15H2,1-3H3,(H,27,31)/t25-/m1/s1. The van der Waals surface area contributed by atoms with Gasteiger partial charge >= 0.3 is 6.03 Å². The monoisotopic (exact) mass is 417 g/mol. The lowest BCUT2D eigenvalue weighted by Gasteiger charge is -2.22. The first-order valence-corrected chi connectivity index (χ1v) is 10.6. The van der Waals surface area contributed by atoms with Crippen LogP contribution < -0.4 is 5.32 Å². The maximum absolute atomic E-state index is 13.4. The van der Waals surface area contributed by atoms with Crippen molar-refractivity contribution in [1.29, 1.82) is 0 Å². The number of imide groups is 1. The topological polar surface area (TPSA) is 82.3 Å². The third kappa shape index (κ3) is 3.85. The summed E-state index contributed by atoms with van der Waals surface area (Å²) in [6.45, 7) is 5.60. The van der Waals surface area contributed by atoms with Crippen LogP contribution in [0.4, 0.5) is 4.79 Å². The molecule has 0 unspecified atom stereocenters. The van der Waals surface area contributed by atoms with E-state index in [1.165, 1.54) is 0 Å². The number of rotatable bonds is 7. The van der Waals surface area contributed by atoms with Gasteiger partial charge in [0.2, 0.25) is 0 Å². The van der Waals surface area contributed by atoms with Crippen molar-refractivity contribution in [2.45, 2.75) is 39.2 Å². The van der Waals surface area contributed by atoms with Gasteiger partial charge in [0.05, 0.1) is 17.8 Å². The Bertz CT molecular complexity index is 1150. The highest BCUT2D eigenvalue weighted by Crippen LogP contribution is 2.32. The molecule has 1 aromatic heterocycles. The van der Waals surface area contributed by atoms with Crippen molar-refractivity contribution in [3.05, 3.63) is 60.2 Å². The van der Waals surface area contributed by atoms with Gasteiger partial charge in [0.25, 0.3) is 5.91 Å². The van der Waals surface area contributed by atoms with E-state index in [1.54, 1.807) is 6.92 Å². The number of carbonyl (C=O) groups excluding carboxylic acids is 3. The lowest BCUT2D eigenvalue weighted by atomic mass is 9.92. The van der Waals surface area contributed by atoms with E-state index in [0.717, 1.165) is 27.8 Å². The van der Waals surface area contributed by atoms with Gasteiger partial charge in [-0.05, 0) is 37.3 Å². The molecule has 1 atom stereocenters. The van der Waals surface area contributed by atoms with E-state index in [-0.39, 0.29) is 18.2 Å². The predicted molar refractivity (Wildman–Crippen MR) is 121 cm³/mol. The number of para-hydroxylation sites is 1. The minimum absolute atomic E-state index is 0.270. The molecule has 6 heteroatoms. The van der Waals surface area contributed by atoms with Gasteiger partial charge in [-0.2, -0.15) is 0 Å². The zero-order valence-corrected chi connectivity index (χ0v) is 18.1. The Morgan fingerprint density at radius 1 is 1.03 bits per heavy atom. The molecule has 0 spiro atoms. The molecule has 1 aliphatic rings. The summed E-state index contributed by atoms with van der Waals surface area (Å²) in [5.74, 6) is -0.197. The van der Waals surface area contributed by atoms with Crippen LogP contribution >= 0.6 is 0 Å². The molecule has 0 bridgehead atoms.